The van der Waals surface area contributed by atoms with Gasteiger partial charge in [-0.3, -0.25) is 0 Å². The summed E-state index contributed by atoms with van der Waals surface area (Å²) in [5.41, 5.74) is 0. The van der Waals surface area contributed by atoms with Crippen LogP contribution in [0.5, 0.6) is 0 Å². The van der Waals surface area contributed by atoms with Crippen molar-refractivity contribution in [2.24, 2.45) is 0 Å². The number of epoxide rings is 1. The Morgan fingerprint density at radius 2 is 1.17 bits per heavy atom. The maximum Gasteiger partial charge on any atom is 0.337 e. The first-order valence-corrected chi connectivity index (χ1v) is 20.8. The molecule has 1 unspecified atom stereocenters. The molecular formula is C24H58O9Si3. The summed E-state index contributed by atoms with van der Waals surface area (Å²) in [5, 5.41) is 0. The van der Waals surface area contributed by atoms with E-state index in [1.54, 1.807) is 35.5 Å². The fraction of sp³-hybridized carbons (Fsp3) is 1.00. The van der Waals surface area contributed by atoms with Crippen molar-refractivity contribution >= 4 is 25.7 Å². The molecule has 0 amide bonds. The average molecular weight is 575 g/mol. The Balaban J connectivity index is 0. The van der Waals surface area contributed by atoms with Crippen LogP contribution in [0.3, 0.4) is 0 Å². The highest BCUT2D eigenvalue weighted by Crippen LogP contribution is 2.15. The van der Waals surface area contributed by atoms with Gasteiger partial charge in [-0.1, -0.05) is 20.8 Å². The molecular weight excluding hydrogens is 517 g/mol. The second-order valence-electron chi connectivity index (χ2n) is 9.15. The van der Waals surface area contributed by atoms with Gasteiger partial charge in [-0.15, -0.1) is 0 Å². The Morgan fingerprint density at radius 3 is 1.50 bits per heavy atom. The van der Waals surface area contributed by atoms with Gasteiger partial charge in [0.25, 0.3) is 0 Å². The van der Waals surface area contributed by atoms with E-state index in [1.807, 2.05) is 6.55 Å². The molecule has 12 heteroatoms. The number of hydrogen-bond donors (Lipinski definition) is 0. The summed E-state index contributed by atoms with van der Waals surface area (Å²) in [5.74, 6) is 0. The van der Waals surface area contributed by atoms with Crippen molar-refractivity contribution < 1.29 is 40.8 Å². The van der Waals surface area contributed by atoms with Crippen LogP contribution in [0.15, 0.2) is 0 Å². The highest BCUT2D eigenvalue weighted by molar-refractivity contribution is 6.66. The Bertz CT molecular complexity index is 448. The number of rotatable bonds is 20. The molecule has 1 saturated heterocycles. The van der Waals surface area contributed by atoms with Crippen molar-refractivity contribution in [2.75, 3.05) is 75.2 Å². The normalized spacial score (nSPS) is 15.6. The zero-order valence-electron chi connectivity index (χ0n) is 25.2. The molecule has 9 nitrogen and oxygen atoms in total. The number of methoxy groups -OCH3 is 1. The van der Waals surface area contributed by atoms with Gasteiger partial charge in [-0.2, -0.15) is 0 Å². The first-order valence-electron chi connectivity index (χ1n) is 13.2. The number of ether oxygens (including phenoxy) is 3. The van der Waals surface area contributed by atoms with E-state index in [0.717, 1.165) is 77.0 Å². The van der Waals surface area contributed by atoms with Crippen molar-refractivity contribution in [3.8, 4) is 0 Å². The molecule has 0 N–H and O–H groups in total. The molecule has 0 aliphatic carbocycles. The zero-order valence-corrected chi connectivity index (χ0v) is 28.2. The summed E-state index contributed by atoms with van der Waals surface area (Å²) in [6, 6.07) is 2.91. The van der Waals surface area contributed by atoms with E-state index >= 15 is 0 Å². The predicted molar refractivity (Wildman–Crippen MR) is 153 cm³/mol. The van der Waals surface area contributed by atoms with E-state index in [2.05, 4.69) is 33.9 Å². The van der Waals surface area contributed by atoms with Crippen LogP contribution in [0.1, 0.15) is 40.0 Å². The summed E-state index contributed by atoms with van der Waals surface area (Å²) in [6.07, 6.45) is 3.45. The highest BCUT2D eigenvalue weighted by Gasteiger charge is 2.31. The Morgan fingerprint density at radius 1 is 0.667 bits per heavy atom. The second-order valence-corrected chi connectivity index (χ2v) is 19.9. The van der Waals surface area contributed by atoms with Crippen molar-refractivity contribution in [3.05, 3.63) is 0 Å². The van der Waals surface area contributed by atoms with Crippen molar-refractivity contribution in [1.82, 2.24) is 0 Å². The molecule has 220 valence electrons. The fourth-order valence-corrected chi connectivity index (χ4v) is 6.97. The maximum atomic E-state index is 5.82. The van der Waals surface area contributed by atoms with Gasteiger partial charge in [-0.05, 0) is 51.0 Å². The lowest BCUT2D eigenvalue weighted by atomic mass is 10.5. The Hall–Kier alpha value is 0.291. The summed E-state index contributed by atoms with van der Waals surface area (Å²) in [6.45, 7) is 17.3. The van der Waals surface area contributed by atoms with Crippen LogP contribution in [0.4, 0.5) is 0 Å². The lowest BCUT2D eigenvalue weighted by Crippen LogP contribution is -2.40. The lowest BCUT2D eigenvalue weighted by molar-refractivity contribution is 0.114. The molecule has 0 bridgehead atoms. The van der Waals surface area contributed by atoms with Gasteiger partial charge in [0.05, 0.1) is 13.2 Å². The minimum Gasteiger partial charge on any atom is -0.398 e. The minimum atomic E-state index is -1.94. The van der Waals surface area contributed by atoms with Gasteiger partial charge >= 0.3 is 25.7 Å². The third kappa shape index (κ3) is 21.2. The first-order chi connectivity index (χ1) is 17.1. The SMILES string of the molecule is CCCO[Si](C)(CCOC)OCCC.CC[Si](C)(OC)OC.CO[Si](C)(CCCOCC1CO1)OC. The van der Waals surface area contributed by atoms with Crippen LogP contribution in [0, 0.1) is 0 Å². The summed E-state index contributed by atoms with van der Waals surface area (Å²) < 4.78 is 48.2. The van der Waals surface area contributed by atoms with E-state index in [4.69, 9.17) is 40.8 Å². The van der Waals surface area contributed by atoms with Gasteiger partial charge in [-0.25, -0.2) is 0 Å². The first kappa shape index (κ1) is 38.4. The largest absolute Gasteiger partial charge is 0.398 e. The zero-order chi connectivity index (χ0) is 27.9. The molecule has 1 aliphatic rings. The molecule has 0 radical (unpaired) electrons. The van der Waals surface area contributed by atoms with Crippen LogP contribution in [-0.4, -0.2) is 107 Å². The van der Waals surface area contributed by atoms with Crippen LogP contribution in [0.25, 0.3) is 0 Å². The van der Waals surface area contributed by atoms with Crippen molar-refractivity contribution in [2.45, 2.75) is 83.9 Å². The molecule has 0 saturated carbocycles. The quantitative estimate of drug-likeness (QED) is 0.112. The average Bonchev–Trinajstić information content (AvgIpc) is 3.74. The monoisotopic (exact) mass is 574 g/mol. The molecule has 0 spiro atoms. The smallest absolute Gasteiger partial charge is 0.337 e. The maximum absolute atomic E-state index is 5.82. The van der Waals surface area contributed by atoms with Gasteiger partial charge < -0.3 is 40.8 Å². The minimum absolute atomic E-state index is 0.364. The standard InChI is InChI=1S/C10H24O3Si.C9H20O4Si.C5H14O2Si/c1-5-7-12-14(4,10-9-11-3)13-8-6-2;1-10-14(3,11-2)6-4-5-12-7-9-8-13-9;1-5-8(4,6-2)7-3/h5-10H2,1-4H3;9H,4-8H2,1-3H3;5H2,1-4H3. The van der Waals surface area contributed by atoms with Gasteiger partial charge in [0.15, 0.2) is 0 Å². The third-order valence-corrected chi connectivity index (χ3v) is 14.7. The molecule has 0 aromatic heterocycles. The van der Waals surface area contributed by atoms with E-state index in [-0.39, 0.29) is 0 Å². The summed E-state index contributed by atoms with van der Waals surface area (Å²) in [4.78, 5) is 0. The highest BCUT2D eigenvalue weighted by atomic mass is 28.4. The summed E-state index contributed by atoms with van der Waals surface area (Å²) >= 11 is 0. The van der Waals surface area contributed by atoms with Crippen LogP contribution >= 0.6 is 0 Å². The van der Waals surface area contributed by atoms with Gasteiger partial charge in [0.2, 0.25) is 0 Å². The topological polar surface area (TPSA) is 86.4 Å². The van der Waals surface area contributed by atoms with Crippen molar-refractivity contribution in [1.29, 1.82) is 0 Å². The molecule has 0 aromatic rings. The molecule has 0 aromatic carbocycles. The Labute approximate surface area is 225 Å². The molecule has 1 fully saturated rings. The molecule has 1 atom stereocenters. The second kappa shape index (κ2) is 23.2. The van der Waals surface area contributed by atoms with E-state index < -0.39 is 25.7 Å². The fourth-order valence-electron chi connectivity index (χ4n) is 2.64. The predicted octanol–water partition coefficient (Wildman–Crippen LogP) is 5.09. The Kier molecular flexibility index (Phi) is 24.8. The molecule has 1 heterocycles. The molecule has 1 rings (SSSR count). The van der Waals surface area contributed by atoms with Crippen LogP contribution in [-0.2, 0) is 40.8 Å². The van der Waals surface area contributed by atoms with Gasteiger partial charge in [0.1, 0.15) is 6.10 Å². The van der Waals surface area contributed by atoms with E-state index in [0.29, 0.717) is 6.10 Å². The van der Waals surface area contributed by atoms with Crippen molar-refractivity contribution in [3.63, 3.8) is 0 Å². The lowest BCUT2D eigenvalue weighted by Gasteiger charge is -2.26. The molecule has 1 aliphatic heterocycles. The summed E-state index contributed by atoms with van der Waals surface area (Å²) in [7, 11) is 3.09. The number of hydrogen-bond acceptors (Lipinski definition) is 9. The van der Waals surface area contributed by atoms with E-state index in [1.165, 1.54) is 0 Å². The molecule has 36 heavy (non-hydrogen) atoms. The van der Waals surface area contributed by atoms with E-state index in [9.17, 15) is 0 Å². The van der Waals surface area contributed by atoms with Gasteiger partial charge in [0, 0.05) is 68.0 Å². The third-order valence-electron chi connectivity index (χ3n) is 5.98. The van der Waals surface area contributed by atoms with Crippen LogP contribution < -0.4 is 0 Å². The van der Waals surface area contributed by atoms with Crippen LogP contribution in [0.2, 0.25) is 37.8 Å².